The van der Waals surface area contributed by atoms with Gasteiger partial charge in [0.2, 0.25) is 0 Å². The van der Waals surface area contributed by atoms with Crippen molar-refractivity contribution >= 4 is 5.69 Å². The largest absolute Gasteiger partial charge is 0.305 e. The lowest BCUT2D eigenvalue weighted by atomic mass is 10.2. The lowest BCUT2D eigenvalue weighted by molar-refractivity contribution is -0.384. The Morgan fingerprint density at radius 1 is 1.31 bits per heavy atom. The van der Waals surface area contributed by atoms with Crippen LogP contribution >= 0.6 is 0 Å². The Balaban J connectivity index is 2.75. The number of non-ortho nitro benzene ring substituents is 1. The summed E-state index contributed by atoms with van der Waals surface area (Å²) < 4.78 is 0. The van der Waals surface area contributed by atoms with Crippen molar-refractivity contribution in [1.82, 2.24) is 4.90 Å². The maximum atomic E-state index is 10.3. The molecule has 4 heteroatoms. The van der Waals surface area contributed by atoms with Gasteiger partial charge in [0.1, 0.15) is 0 Å². The molecule has 0 N–H and O–H groups in total. The first-order chi connectivity index (χ1) is 6.09. The molecule has 1 aromatic rings. The summed E-state index contributed by atoms with van der Waals surface area (Å²) in [5, 5.41) is 10.3. The van der Waals surface area contributed by atoms with Gasteiger partial charge in [-0.2, -0.15) is 0 Å². The van der Waals surface area contributed by atoms with E-state index in [9.17, 15) is 10.1 Å². The van der Waals surface area contributed by atoms with Crippen LogP contribution in [0.2, 0.25) is 0 Å². The Hall–Kier alpha value is -1.42. The molecular weight excluding hydrogens is 168 g/mol. The van der Waals surface area contributed by atoms with Crippen molar-refractivity contribution in [2.45, 2.75) is 6.54 Å². The molecule has 0 saturated heterocycles. The van der Waals surface area contributed by atoms with Crippen LogP contribution in [0.3, 0.4) is 0 Å². The van der Waals surface area contributed by atoms with E-state index < -0.39 is 0 Å². The van der Waals surface area contributed by atoms with E-state index in [0.717, 1.165) is 12.1 Å². The van der Waals surface area contributed by atoms with Crippen molar-refractivity contribution in [3.05, 3.63) is 39.9 Å². The zero-order valence-corrected chi connectivity index (χ0v) is 7.73. The number of benzene rings is 1. The Bertz CT molecular complexity index is 293. The van der Waals surface area contributed by atoms with Gasteiger partial charge in [0, 0.05) is 18.7 Å². The minimum atomic E-state index is -0.389. The van der Waals surface area contributed by atoms with Gasteiger partial charge < -0.3 is 4.90 Å². The highest BCUT2D eigenvalue weighted by molar-refractivity contribution is 5.32. The summed E-state index contributed by atoms with van der Waals surface area (Å²) in [6.45, 7) is 0.804. The average molecular weight is 180 g/mol. The summed E-state index contributed by atoms with van der Waals surface area (Å²) in [5.74, 6) is 0. The molecule has 0 heterocycles. The summed E-state index contributed by atoms with van der Waals surface area (Å²) in [7, 11) is 3.92. The molecule has 70 valence electrons. The van der Waals surface area contributed by atoms with Crippen LogP contribution in [0.15, 0.2) is 24.3 Å². The normalized spacial score (nSPS) is 10.4. The molecule has 0 fully saturated rings. The van der Waals surface area contributed by atoms with Crippen LogP contribution in [-0.2, 0) is 6.54 Å². The monoisotopic (exact) mass is 180 g/mol. The van der Waals surface area contributed by atoms with Crippen LogP contribution < -0.4 is 0 Å². The highest BCUT2D eigenvalue weighted by atomic mass is 16.6. The molecule has 0 amide bonds. The minimum Gasteiger partial charge on any atom is -0.305 e. The van der Waals surface area contributed by atoms with Crippen LogP contribution in [-0.4, -0.2) is 23.9 Å². The average Bonchev–Trinajstić information content (AvgIpc) is 2.04. The van der Waals surface area contributed by atoms with Crippen molar-refractivity contribution in [3.8, 4) is 0 Å². The van der Waals surface area contributed by atoms with Gasteiger partial charge in [-0.3, -0.25) is 10.1 Å². The fourth-order valence-corrected chi connectivity index (χ4v) is 1.09. The summed E-state index contributed by atoms with van der Waals surface area (Å²) >= 11 is 0. The number of hydrogen-bond donors (Lipinski definition) is 0. The molecular formula is C9H12N2O2. The standard InChI is InChI=1S/C9H12N2O2/c1-10(2)7-8-3-5-9(6-4-8)11(12)13/h3-6H,7H2,1-2H3. The second-order valence-electron chi connectivity index (χ2n) is 3.16. The maximum absolute atomic E-state index is 10.3. The second kappa shape index (κ2) is 4.00. The van der Waals surface area contributed by atoms with Crippen molar-refractivity contribution in [3.63, 3.8) is 0 Å². The predicted octanol–water partition coefficient (Wildman–Crippen LogP) is 1.66. The fraction of sp³-hybridized carbons (Fsp3) is 0.333. The molecule has 1 aromatic carbocycles. The third-order valence-electron chi connectivity index (χ3n) is 1.65. The Kier molecular flexibility index (Phi) is 2.97. The van der Waals surface area contributed by atoms with E-state index in [1.165, 1.54) is 12.1 Å². The van der Waals surface area contributed by atoms with E-state index in [-0.39, 0.29) is 10.6 Å². The zero-order chi connectivity index (χ0) is 9.84. The van der Waals surface area contributed by atoms with Gasteiger partial charge in [-0.1, -0.05) is 12.1 Å². The van der Waals surface area contributed by atoms with E-state index in [1.807, 2.05) is 19.0 Å². The minimum absolute atomic E-state index is 0.141. The Morgan fingerprint density at radius 2 is 1.85 bits per heavy atom. The van der Waals surface area contributed by atoms with Crippen molar-refractivity contribution in [1.29, 1.82) is 0 Å². The van der Waals surface area contributed by atoms with Gasteiger partial charge in [0.15, 0.2) is 0 Å². The quantitative estimate of drug-likeness (QED) is 0.525. The molecule has 0 aliphatic rings. The number of rotatable bonds is 3. The molecule has 0 spiro atoms. The number of nitro benzene ring substituents is 1. The molecule has 0 aliphatic carbocycles. The van der Waals surface area contributed by atoms with Crippen molar-refractivity contribution < 1.29 is 4.92 Å². The van der Waals surface area contributed by atoms with Gasteiger partial charge in [-0.25, -0.2) is 0 Å². The van der Waals surface area contributed by atoms with E-state index in [2.05, 4.69) is 0 Å². The first-order valence-electron chi connectivity index (χ1n) is 3.97. The number of nitro groups is 1. The number of nitrogens with zero attached hydrogens (tertiary/aromatic N) is 2. The van der Waals surface area contributed by atoms with Crippen LogP contribution in [0.1, 0.15) is 5.56 Å². The van der Waals surface area contributed by atoms with E-state index in [0.29, 0.717) is 0 Å². The Labute approximate surface area is 76.9 Å². The van der Waals surface area contributed by atoms with E-state index >= 15 is 0 Å². The molecule has 0 saturated carbocycles. The van der Waals surface area contributed by atoms with Crippen LogP contribution in [0.5, 0.6) is 0 Å². The summed E-state index contributed by atoms with van der Waals surface area (Å²) in [5.41, 5.74) is 1.22. The molecule has 13 heavy (non-hydrogen) atoms. The molecule has 0 unspecified atom stereocenters. The molecule has 0 aromatic heterocycles. The third-order valence-corrected chi connectivity index (χ3v) is 1.65. The third kappa shape index (κ3) is 2.83. The lowest BCUT2D eigenvalue weighted by Gasteiger charge is -2.08. The van der Waals surface area contributed by atoms with E-state index in [1.54, 1.807) is 12.1 Å². The van der Waals surface area contributed by atoms with Gasteiger partial charge >= 0.3 is 0 Å². The SMILES string of the molecule is CN(C)Cc1ccc([N+](=O)[O-])cc1. The van der Waals surface area contributed by atoms with Crippen molar-refractivity contribution in [2.24, 2.45) is 0 Å². The molecule has 0 bridgehead atoms. The summed E-state index contributed by atoms with van der Waals surface area (Å²) in [6, 6.07) is 6.61. The highest BCUT2D eigenvalue weighted by Crippen LogP contribution is 2.12. The van der Waals surface area contributed by atoms with Crippen LogP contribution in [0, 0.1) is 10.1 Å². The smallest absolute Gasteiger partial charge is 0.269 e. The zero-order valence-electron chi connectivity index (χ0n) is 7.73. The van der Waals surface area contributed by atoms with Gasteiger partial charge in [0.25, 0.3) is 5.69 Å². The predicted molar refractivity (Wildman–Crippen MR) is 50.5 cm³/mol. The molecule has 0 radical (unpaired) electrons. The number of hydrogen-bond acceptors (Lipinski definition) is 3. The highest BCUT2D eigenvalue weighted by Gasteiger charge is 2.03. The van der Waals surface area contributed by atoms with Gasteiger partial charge in [-0.05, 0) is 19.7 Å². The molecule has 4 nitrogen and oxygen atoms in total. The van der Waals surface area contributed by atoms with Crippen molar-refractivity contribution in [2.75, 3.05) is 14.1 Å². The molecule has 0 atom stereocenters. The lowest BCUT2D eigenvalue weighted by Crippen LogP contribution is -2.10. The van der Waals surface area contributed by atoms with Gasteiger partial charge in [-0.15, -0.1) is 0 Å². The topological polar surface area (TPSA) is 46.4 Å². The first kappa shape index (κ1) is 9.67. The van der Waals surface area contributed by atoms with Crippen LogP contribution in [0.25, 0.3) is 0 Å². The van der Waals surface area contributed by atoms with Crippen LogP contribution in [0.4, 0.5) is 5.69 Å². The maximum Gasteiger partial charge on any atom is 0.269 e. The summed E-state index contributed by atoms with van der Waals surface area (Å²) in [6.07, 6.45) is 0. The Morgan fingerprint density at radius 3 is 2.23 bits per heavy atom. The summed E-state index contributed by atoms with van der Waals surface area (Å²) in [4.78, 5) is 12.0. The fourth-order valence-electron chi connectivity index (χ4n) is 1.09. The van der Waals surface area contributed by atoms with E-state index in [4.69, 9.17) is 0 Å². The molecule has 0 aliphatic heterocycles. The molecule has 1 rings (SSSR count). The second-order valence-corrected chi connectivity index (χ2v) is 3.16. The first-order valence-corrected chi connectivity index (χ1v) is 3.97. The van der Waals surface area contributed by atoms with Gasteiger partial charge in [0.05, 0.1) is 4.92 Å².